The fourth-order valence-corrected chi connectivity index (χ4v) is 6.45. The highest BCUT2D eigenvalue weighted by Gasteiger charge is 2.33. The maximum Gasteiger partial charge on any atom is 0.368 e. The number of para-hydroxylation sites is 1. The van der Waals surface area contributed by atoms with Crippen molar-refractivity contribution in [3.63, 3.8) is 0 Å². The van der Waals surface area contributed by atoms with E-state index in [0.717, 1.165) is 24.9 Å². The average molecular weight is 494 g/mol. The third-order valence-corrected chi connectivity index (χ3v) is 8.20. The predicted molar refractivity (Wildman–Crippen MR) is 129 cm³/mol. The first-order valence-corrected chi connectivity index (χ1v) is 13.5. The molecule has 0 bridgehead atoms. The Labute approximate surface area is 198 Å². The van der Waals surface area contributed by atoms with Crippen molar-refractivity contribution in [1.29, 1.82) is 0 Å². The highest BCUT2D eigenvalue weighted by Crippen LogP contribution is 2.43. The quantitative estimate of drug-likeness (QED) is 0.268. The van der Waals surface area contributed by atoms with Gasteiger partial charge in [-0.05, 0) is 36.3 Å². The zero-order chi connectivity index (χ0) is 24.0. The van der Waals surface area contributed by atoms with E-state index in [1.54, 1.807) is 6.07 Å². The van der Waals surface area contributed by atoms with Crippen LogP contribution in [-0.4, -0.2) is 37.5 Å². The van der Waals surface area contributed by atoms with Gasteiger partial charge in [0.2, 0.25) is 5.83 Å². The monoisotopic (exact) mass is 493 g/mol. The summed E-state index contributed by atoms with van der Waals surface area (Å²) in [6, 6.07) is 12.8. The zero-order valence-electron chi connectivity index (χ0n) is 18.7. The Morgan fingerprint density at radius 3 is 2.64 bits per heavy atom. The van der Waals surface area contributed by atoms with E-state index in [4.69, 9.17) is 9.84 Å². The molecule has 0 spiro atoms. The molecule has 9 heteroatoms. The van der Waals surface area contributed by atoms with Gasteiger partial charge in [0.1, 0.15) is 12.0 Å². The molecule has 178 valence electrons. The second-order valence-electron chi connectivity index (χ2n) is 7.82. The molecular formula is C24H28FNO5S2. The summed E-state index contributed by atoms with van der Waals surface area (Å²) < 4.78 is 45.7. The predicted octanol–water partition coefficient (Wildman–Crippen LogP) is 5.80. The Balaban J connectivity index is 2.18. The molecule has 1 aliphatic heterocycles. The van der Waals surface area contributed by atoms with Gasteiger partial charge in [-0.2, -0.15) is 4.39 Å². The number of thioether (sulfide) groups is 1. The Bertz CT molecular complexity index is 1120. The normalized spacial score (nSPS) is 17.8. The van der Waals surface area contributed by atoms with Gasteiger partial charge in [-0.25, -0.2) is 13.2 Å². The number of halogens is 1. The van der Waals surface area contributed by atoms with Crippen LogP contribution in [0.3, 0.4) is 0 Å². The summed E-state index contributed by atoms with van der Waals surface area (Å²) in [6.45, 7) is 4.57. The molecule has 1 aliphatic rings. The molecule has 1 unspecified atom stereocenters. The minimum atomic E-state index is -3.67. The number of anilines is 2. The molecule has 0 fully saturated rings. The summed E-state index contributed by atoms with van der Waals surface area (Å²) in [7, 11) is -3.67. The van der Waals surface area contributed by atoms with Crippen molar-refractivity contribution in [2.45, 2.75) is 42.9 Å². The molecule has 1 heterocycles. The smallest absolute Gasteiger partial charge is 0.368 e. The van der Waals surface area contributed by atoms with E-state index in [2.05, 4.69) is 6.92 Å². The van der Waals surface area contributed by atoms with Crippen molar-refractivity contribution in [1.82, 2.24) is 0 Å². The molecule has 0 saturated carbocycles. The van der Waals surface area contributed by atoms with Crippen LogP contribution in [0, 0.1) is 5.92 Å². The first-order valence-electron chi connectivity index (χ1n) is 10.9. The van der Waals surface area contributed by atoms with Crippen molar-refractivity contribution in [2.75, 3.05) is 23.0 Å². The second kappa shape index (κ2) is 11.1. The molecule has 0 saturated heterocycles. The standard InChI is InChI=1S/C24H28FNO5S2/c1-3-5-9-17-14-26(18-10-7-6-8-11-18)20-12-22(32-4-2)21(31-15-19(25)24(27)28)13-23(20)33(29,30)16-17/h6-8,10-13,15,17H,3-5,9,14,16H2,1-2H3,(H,27,28)/b19-15-. The second-order valence-corrected chi connectivity index (χ2v) is 11.1. The lowest BCUT2D eigenvalue weighted by atomic mass is 10.0. The number of rotatable bonds is 9. The number of hydrogen-bond donors (Lipinski definition) is 1. The van der Waals surface area contributed by atoms with Crippen LogP contribution < -0.4 is 9.64 Å². The summed E-state index contributed by atoms with van der Waals surface area (Å²) in [4.78, 5) is 13.5. The number of unbranched alkanes of at least 4 members (excludes halogenated alkanes) is 1. The highest BCUT2D eigenvalue weighted by molar-refractivity contribution is 7.99. The number of nitrogens with zero attached hydrogens (tertiary/aromatic N) is 1. The summed E-state index contributed by atoms with van der Waals surface area (Å²) >= 11 is 1.41. The van der Waals surface area contributed by atoms with Gasteiger partial charge < -0.3 is 14.7 Å². The summed E-state index contributed by atoms with van der Waals surface area (Å²) in [5.74, 6) is -2.50. The van der Waals surface area contributed by atoms with E-state index in [-0.39, 0.29) is 22.3 Å². The van der Waals surface area contributed by atoms with Gasteiger partial charge in [0.05, 0.1) is 21.2 Å². The fraction of sp³-hybridized carbons (Fsp3) is 0.375. The maximum absolute atomic E-state index is 13.5. The van der Waals surface area contributed by atoms with Crippen molar-refractivity contribution in [2.24, 2.45) is 5.92 Å². The van der Waals surface area contributed by atoms with Crippen molar-refractivity contribution in [3.8, 4) is 5.75 Å². The maximum atomic E-state index is 13.5. The molecule has 0 radical (unpaired) electrons. The number of ether oxygens (including phenoxy) is 1. The van der Waals surface area contributed by atoms with Gasteiger partial charge in [0, 0.05) is 18.3 Å². The number of hydrogen-bond acceptors (Lipinski definition) is 6. The fourth-order valence-electron chi connectivity index (χ4n) is 3.85. The Morgan fingerprint density at radius 2 is 2.00 bits per heavy atom. The van der Waals surface area contributed by atoms with Crippen LogP contribution in [0.4, 0.5) is 15.8 Å². The zero-order valence-corrected chi connectivity index (χ0v) is 20.3. The summed E-state index contributed by atoms with van der Waals surface area (Å²) in [5, 5.41) is 8.77. The first kappa shape index (κ1) is 25.1. The molecule has 2 aromatic carbocycles. The van der Waals surface area contributed by atoms with Gasteiger partial charge in [0.25, 0.3) is 0 Å². The number of sulfone groups is 1. The minimum absolute atomic E-state index is 0.00235. The third kappa shape index (κ3) is 6.09. The van der Waals surface area contributed by atoms with E-state index in [1.807, 2.05) is 42.2 Å². The van der Waals surface area contributed by atoms with Crippen molar-refractivity contribution < 1.29 is 27.4 Å². The third-order valence-electron chi connectivity index (χ3n) is 5.37. The SMILES string of the molecule is CCCCC1CN(c2ccccc2)c2cc(SCC)c(O/C=C(\F)C(=O)O)cc2S(=O)(=O)C1. The van der Waals surface area contributed by atoms with E-state index in [1.165, 1.54) is 17.8 Å². The molecule has 0 aliphatic carbocycles. The van der Waals surface area contributed by atoms with E-state index in [9.17, 15) is 17.6 Å². The molecule has 2 aromatic rings. The largest absolute Gasteiger partial charge is 0.476 e. The number of aliphatic carboxylic acids is 1. The number of fused-ring (bicyclic) bond motifs is 1. The van der Waals surface area contributed by atoms with Gasteiger partial charge >= 0.3 is 5.97 Å². The van der Waals surface area contributed by atoms with Crippen LogP contribution in [-0.2, 0) is 14.6 Å². The number of benzene rings is 2. The van der Waals surface area contributed by atoms with Crippen LogP contribution in [0.25, 0.3) is 0 Å². The van der Waals surface area contributed by atoms with Gasteiger partial charge in [-0.3, -0.25) is 0 Å². The molecule has 33 heavy (non-hydrogen) atoms. The Morgan fingerprint density at radius 1 is 1.27 bits per heavy atom. The lowest BCUT2D eigenvalue weighted by Crippen LogP contribution is -2.26. The highest BCUT2D eigenvalue weighted by atomic mass is 32.2. The van der Waals surface area contributed by atoms with Gasteiger partial charge in [0.15, 0.2) is 9.84 Å². The number of carboxylic acids is 1. The van der Waals surface area contributed by atoms with E-state index < -0.39 is 21.6 Å². The van der Waals surface area contributed by atoms with Crippen LogP contribution >= 0.6 is 11.8 Å². The van der Waals surface area contributed by atoms with Gasteiger partial charge in [-0.15, -0.1) is 11.8 Å². The van der Waals surface area contributed by atoms with Crippen LogP contribution in [0.5, 0.6) is 5.75 Å². The molecule has 6 nitrogen and oxygen atoms in total. The Hall–Kier alpha value is -2.52. The van der Waals surface area contributed by atoms with E-state index >= 15 is 0 Å². The van der Waals surface area contributed by atoms with E-state index in [0.29, 0.717) is 29.1 Å². The topological polar surface area (TPSA) is 83.9 Å². The van der Waals surface area contributed by atoms with Crippen LogP contribution in [0.15, 0.2) is 64.3 Å². The molecule has 1 atom stereocenters. The molecule has 0 aromatic heterocycles. The Kier molecular flexibility index (Phi) is 8.42. The molecular weight excluding hydrogens is 465 g/mol. The summed E-state index contributed by atoms with van der Waals surface area (Å²) in [6.07, 6.45) is 3.20. The van der Waals surface area contributed by atoms with Crippen LogP contribution in [0.1, 0.15) is 33.1 Å². The van der Waals surface area contributed by atoms with Crippen molar-refractivity contribution in [3.05, 3.63) is 54.6 Å². The molecule has 0 amide bonds. The number of carbonyl (C=O) groups is 1. The lowest BCUT2D eigenvalue weighted by Gasteiger charge is -2.28. The minimum Gasteiger partial charge on any atom is -0.476 e. The summed E-state index contributed by atoms with van der Waals surface area (Å²) in [5.41, 5.74) is 1.43. The average Bonchev–Trinajstić information content (AvgIpc) is 2.90. The molecule has 1 N–H and O–H groups in total. The van der Waals surface area contributed by atoms with Crippen molar-refractivity contribution >= 4 is 38.9 Å². The number of carboxylic acid groups (broad SMARTS) is 1. The van der Waals surface area contributed by atoms with Crippen LogP contribution in [0.2, 0.25) is 0 Å². The molecule has 3 rings (SSSR count). The van der Waals surface area contributed by atoms with Gasteiger partial charge in [-0.1, -0.05) is 44.9 Å². The first-order chi connectivity index (χ1) is 15.8. The lowest BCUT2D eigenvalue weighted by molar-refractivity contribution is -0.134.